The predicted octanol–water partition coefficient (Wildman–Crippen LogP) is 2.26. The second-order valence-corrected chi connectivity index (χ2v) is 3.58. The molecule has 2 N–H and O–H groups in total. The van der Waals surface area contributed by atoms with Gasteiger partial charge in [0.05, 0.1) is 0 Å². The van der Waals surface area contributed by atoms with Gasteiger partial charge in [-0.15, -0.1) is 0 Å². The summed E-state index contributed by atoms with van der Waals surface area (Å²) < 4.78 is 19.0. The number of aromatic nitrogens is 1. The van der Waals surface area contributed by atoms with E-state index in [9.17, 15) is 4.39 Å². The Hall–Kier alpha value is -1.94. The summed E-state index contributed by atoms with van der Waals surface area (Å²) in [6.07, 6.45) is 3.36. The van der Waals surface area contributed by atoms with E-state index in [2.05, 4.69) is 4.98 Å². The zero-order chi connectivity index (χ0) is 12.1. The van der Waals surface area contributed by atoms with Crippen LogP contribution in [-0.4, -0.2) is 4.98 Å². The van der Waals surface area contributed by atoms with Gasteiger partial charge < -0.3 is 10.5 Å². The normalized spacial score (nSPS) is 10.2. The third kappa shape index (κ3) is 2.79. The smallest absolute Gasteiger partial charge is 0.165 e. The molecule has 2 rings (SSSR count). The van der Waals surface area contributed by atoms with E-state index in [0.717, 1.165) is 5.56 Å². The molecule has 0 unspecified atom stereocenters. The van der Waals surface area contributed by atoms with Gasteiger partial charge in [-0.1, -0.05) is 18.2 Å². The van der Waals surface area contributed by atoms with Gasteiger partial charge in [0, 0.05) is 30.1 Å². The first-order chi connectivity index (χ1) is 8.31. The highest BCUT2D eigenvalue weighted by atomic mass is 19.1. The summed E-state index contributed by atoms with van der Waals surface area (Å²) in [7, 11) is 0. The summed E-state index contributed by atoms with van der Waals surface area (Å²) in [5.74, 6) is -0.171. The van der Waals surface area contributed by atoms with Gasteiger partial charge in [-0.05, 0) is 12.1 Å². The minimum absolute atomic E-state index is 0.221. The molecule has 0 saturated heterocycles. The molecule has 0 aliphatic carbocycles. The van der Waals surface area contributed by atoms with Crippen LogP contribution in [0.25, 0.3) is 0 Å². The maximum absolute atomic E-state index is 13.5. The summed E-state index contributed by atoms with van der Waals surface area (Å²) in [5.41, 5.74) is 7.08. The number of rotatable bonds is 4. The summed E-state index contributed by atoms with van der Waals surface area (Å²) in [6, 6.07) is 8.41. The van der Waals surface area contributed by atoms with Crippen molar-refractivity contribution in [3.05, 3.63) is 59.7 Å². The first kappa shape index (κ1) is 11.5. The molecule has 88 valence electrons. The highest BCUT2D eigenvalue weighted by Gasteiger charge is 2.08. The van der Waals surface area contributed by atoms with E-state index in [1.54, 1.807) is 24.5 Å². The number of nitrogens with zero attached hydrogens (tertiary/aromatic N) is 1. The Morgan fingerprint density at radius 1 is 1.24 bits per heavy atom. The van der Waals surface area contributed by atoms with Gasteiger partial charge in [-0.25, -0.2) is 4.39 Å². The lowest BCUT2D eigenvalue weighted by atomic mass is 10.2. The standard InChI is InChI=1S/C13H13FN2O/c14-12-5-1-4-11(7-15)13(12)17-9-10-3-2-6-16-8-10/h1-6,8H,7,9,15H2. The Kier molecular flexibility index (Phi) is 3.67. The summed E-state index contributed by atoms with van der Waals surface area (Å²) in [6.45, 7) is 0.530. The van der Waals surface area contributed by atoms with Gasteiger partial charge in [0.1, 0.15) is 6.61 Å². The SMILES string of the molecule is NCc1cccc(F)c1OCc1cccnc1. The molecule has 0 bridgehead atoms. The largest absolute Gasteiger partial charge is 0.485 e. The number of halogens is 1. The van der Waals surface area contributed by atoms with Gasteiger partial charge in [0.2, 0.25) is 0 Å². The van der Waals surface area contributed by atoms with E-state index in [1.165, 1.54) is 6.07 Å². The van der Waals surface area contributed by atoms with Crippen molar-refractivity contribution in [2.45, 2.75) is 13.2 Å². The Labute approximate surface area is 99.1 Å². The average Bonchev–Trinajstić information content (AvgIpc) is 2.38. The molecule has 0 aliphatic rings. The minimum Gasteiger partial charge on any atom is -0.485 e. The van der Waals surface area contributed by atoms with Gasteiger partial charge in [0.25, 0.3) is 0 Å². The monoisotopic (exact) mass is 232 g/mol. The number of benzene rings is 1. The zero-order valence-electron chi connectivity index (χ0n) is 9.27. The fraction of sp³-hybridized carbons (Fsp3) is 0.154. The van der Waals surface area contributed by atoms with Crippen molar-refractivity contribution >= 4 is 0 Å². The number of hydrogen-bond donors (Lipinski definition) is 1. The molecule has 0 atom stereocenters. The predicted molar refractivity (Wildman–Crippen MR) is 62.9 cm³/mol. The second kappa shape index (κ2) is 5.41. The lowest BCUT2D eigenvalue weighted by Gasteiger charge is -2.10. The van der Waals surface area contributed by atoms with Crippen molar-refractivity contribution in [3.8, 4) is 5.75 Å². The number of nitrogens with two attached hydrogens (primary N) is 1. The first-order valence-electron chi connectivity index (χ1n) is 5.30. The van der Waals surface area contributed by atoms with E-state index in [-0.39, 0.29) is 18.9 Å². The molecule has 17 heavy (non-hydrogen) atoms. The lowest BCUT2D eigenvalue weighted by Crippen LogP contribution is -2.04. The minimum atomic E-state index is -0.392. The van der Waals surface area contributed by atoms with Crippen LogP contribution in [0, 0.1) is 5.82 Å². The Morgan fingerprint density at radius 3 is 2.82 bits per heavy atom. The van der Waals surface area contributed by atoms with Gasteiger partial charge in [0.15, 0.2) is 11.6 Å². The molecule has 2 aromatic rings. The number of ether oxygens (including phenoxy) is 1. The van der Waals surface area contributed by atoms with Crippen LogP contribution in [0.3, 0.4) is 0 Å². The van der Waals surface area contributed by atoms with Crippen LogP contribution in [0.5, 0.6) is 5.75 Å². The fourth-order valence-corrected chi connectivity index (χ4v) is 1.51. The van der Waals surface area contributed by atoms with Crippen molar-refractivity contribution in [1.82, 2.24) is 4.98 Å². The first-order valence-corrected chi connectivity index (χ1v) is 5.30. The van der Waals surface area contributed by atoms with E-state index in [1.807, 2.05) is 12.1 Å². The van der Waals surface area contributed by atoms with E-state index < -0.39 is 5.82 Å². The quantitative estimate of drug-likeness (QED) is 0.879. The molecule has 0 aliphatic heterocycles. The van der Waals surface area contributed by atoms with E-state index in [4.69, 9.17) is 10.5 Å². The number of hydrogen-bond acceptors (Lipinski definition) is 3. The number of para-hydroxylation sites is 1. The molecular weight excluding hydrogens is 219 g/mol. The average molecular weight is 232 g/mol. The fourth-order valence-electron chi connectivity index (χ4n) is 1.51. The highest BCUT2D eigenvalue weighted by molar-refractivity contribution is 5.35. The van der Waals surface area contributed by atoms with Crippen molar-refractivity contribution in [3.63, 3.8) is 0 Å². The second-order valence-electron chi connectivity index (χ2n) is 3.58. The highest BCUT2D eigenvalue weighted by Crippen LogP contribution is 2.23. The molecule has 0 saturated carbocycles. The molecular formula is C13H13FN2O. The maximum atomic E-state index is 13.5. The van der Waals surface area contributed by atoms with Crippen molar-refractivity contribution in [2.75, 3.05) is 0 Å². The maximum Gasteiger partial charge on any atom is 0.165 e. The molecule has 0 fully saturated rings. The summed E-state index contributed by atoms with van der Waals surface area (Å²) >= 11 is 0. The van der Waals surface area contributed by atoms with Crippen LogP contribution in [0.15, 0.2) is 42.7 Å². The Morgan fingerprint density at radius 2 is 2.12 bits per heavy atom. The van der Waals surface area contributed by atoms with Crippen LogP contribution in [0.2, 0.25) is 0 Å². The van der Waals surface area contributed by atoms with Crippen LogP contribution < -0.4 is 10.5 Å². The van der Waals surface area contributed by atoms with Crippen LogP contribution in [-0.2, 0) is 13.2 Å². The third-order valence-corrected chi connectivity index (χ3v) is 2.37. The molecule has 0 spiro atoms. The molecule has 1 heterocycles. The Balaban J connectivity index is 2.14. The molecule has 0 amide bonds. The summed E-state index contributed by atoms with van der Waals surface area (Å²) in [5, 5.41) is 0. The third-order valence-electron chi connectivity index (χ3n) is 2.37. The summed E-state index contributed by atoms with van der Waals surface area (Å²) in [4.78, 5) is 3.96. The molecule has 3 nitrogen and oxygen atoms in total. The van der Waals surface area contributed by atoms with Gasteiger partial charge >= 0.3 is 0 Å². The number of pyridine rings is 1. The molecule has 4 heteroatoms. The van der Waals surface area contributed by atoms with E-state index >= 15 is 0 Å². The molecule has 1 aromatic carbocycles. The Bertz CT molecular complexity index is 488. The van der Waals surface area contributed by atoms with Crippen LogP contribution in [0.1, 0.15) is 11.1 Å². The van der Waals surface area contributed by atoms with Crippen molar-refractivity contribution in [1.29, 1.82) is 0 Å². The van der Waals surface area contributed by atoms with Gasteiger partial charge in [-0.2, -0.15) is 0 Å². The topological polar surface area (TPSA) is 48.1 Å². The lowest BCUT2D eigenvalue weighted by molar-refractivity contribution is 0.286. The van der Waals surface area contributed by atoms with Crippen molar-refractivity contribution < 1.29 is 9.13 Å². The van der Waals surface area contributed by atoms with E-state index in [0.29, 0.717) is 5.56 Å². The molecule has 1 aromatic heterocycles. The van der Waals surface area contributed by atoms with Gasteiger partial charge in [-0.3, -0.25) is 4.98 Å². The van der Waals surface area contributed by atoms with Crippen LogP contribution >= 0.6 is 0 Å². The van der Waals surface area contributed by atoms with Crippen molar-refractivity contribution in [2.24, 2.45) is 5.73 Å². The molecule has 0 radical (unpaired) electrons. The van der Waals surface area contributed by atoms with Crippen LogP contribution in [0.4, 0.5) is 4.39 Å². The zero-order valence-corrected chi connectivity index (χ0v) is 9.27.